The van der Waals surface area contributed by atoms with Crippen LogP contribution in [0.3, 0.4) is 0 Å². The van der Waals surface area contributed by atoms with Crippen LogP contribution in [0, 0.1) is 5.92 Å². The molecule has 0 aromatic heterocycles. The number of amides is 1. The third-order valence-corrected chi connectivity index (χ3v) is 4.14. The molecule has 1 amide bonds. The lowest BCUT2D eigenvalue weighted by molar-refractivity contribution is -0.134. The van der Waals surface area contributed by atoms with Crippen molar-refractivity contribution in [1.82, 2.24) is 10.6 Å². The number of hydrogen-bond donors (Lipinski definition) is 2. The lowest BCUT2D eigenvalue weighted by Gasteiger charge is -2.28. The first-order valence-corrected chi connectivity index (χ1v) is 8.72. The largest absolute Gasteiger partial charge is 0.493 e. The maximum atomic E-state index is 12.2. The highest BCUT2D eigenvalue weighted by Gasteiger charge is 2.26. The average molecular weight is 371 g/mol. The highest BCUT2D eigenvalue weighted by atomic mass is 35.5. The minimum Gasteiger partial charge on any atom is -0.493 e. The number of ether oxygens (including phenoxy) is 2. The monoisotopic (exact) mass is 370 g/mol. The molecule has 0 aliphatic carbocycles. The molecule has 2 rings (SSSR count). The second kappa shape index (κ2) is 10.00. The SMILES string of the molecule is CC(C)COc1ccc(C(C)(C)CNC(=O)C2CNCCO2)cc1.Cl. The van der Waals surface area contributed by atoms with Crippen molar-refractivity contribution in [2.75, 3.05) is 32.8 Å². The molecule has 2 N–H and O–H groups in total. The first-order valence-electron chi connectivity index (χ1n) is 8.72. The van der Waals surface area contributed by atoms with Gasteiger partial charge in [-0.2, -0.15) is 0 Å². The molecule has 1 aliphatic rings. The van der Waals surface area contributed by atoms with E-state index in [1.54, 1.807) is 0 Å². The molecule has 1 aromatic rings. The van der Waals surface area contributed by atoms with Crippen LogP contribution in [0.5, 0.6) is 5.75 Å². The van der Waals surface area contributed by atoms with Gasteiger partial charge < -0.3 is 20.1 Å². The second-order valence-electron chi connectivity index (χ2n) is 7.39. The zero-order chi connectivity index (χ0) is 17.6. The van der Waals surface area contributed by atoms with Crippen molar-refractivity contribution >= 4 is 18.3 Å². The smallest absolute Gasteiger partial charge is 0.250 e. The van der Waals surface area contributed by atoms with E-state index in [0.29, 0.717) is 32.2 Å². The topological polar surface area (TPSA) is 59.6 Å². The highest BCUT2D eigenvalue weighted by Crippen LogP contribution is 2.25. The van der Waals surface area contributed by atoms with Crippen molar-refractivity contribution in [3.05, 3.63) is 29.8 Å². The van der Waals surface area contributed by atoms with Crippen LogP contribution >= 0.6 is 12.4 Å². The second-order valence-corrected chi connectivity index (χ2v) is 7.39. The highest BCUT2D eigenvalue weighted by molar-refractivity contribution is 5.85. The van der Waals surface area contributed by atoms with E-state index in [1.165, 1.54) is 5.56 Å². The summed E-state index contributed by atoms with van der Waals surface area (Å²) in [7, 11) is 0. The maximum Gasteiger partial charge on any atom is 0.250 e. The van der Waals surface area contributed by atoms with E-state index in [4.69, 9.17) is 9.47 Å². The van der Waals surface area contributed by atoms with Gasteiger partial charge in [-0.3, -0.25) is 4.79 Å². The summed E-state index contributed by atoms with van der Waals surface area (Å²) in [6.45, 7) is 11.8. The molecule has 6 heteroatoms. The number of carbonyl (C=O) groups is 1. The minimum absolute atomic E-state index is 0. The van der Waals surface area contributed by atoms with Gasteiger partial charge in [0.15, 0.2) is 0 Å². The summed E-state index contributed by atoms with van der Waals surface area (Å²) in [5.74, 6) is 1.34. The number of morpholine rings is 1. The summed E-state index contributed by atoms with van der Waals surface area (Å²) in [5, 5.41) is 6.18. The van der Waals surface area contributed by atoms with Crippen molar-refractivity contribution in [3.63, 3.8) is 0 Å². The molecule has 0 radical (unpaired) electrons. The Balaban J connectivity index is 0.00000312. The van der Waals surface area contributed by atoms with Crippen molar-refractivity contribution in [3.8, 4) is 5.75 Å². The van der Waals surface area contributed by atoms with Crippen LogP contribution in [0.2, 0.25) is 0 Å². The van der Waals surface area contributed by atoms with Crippen molar-refractivity contribution in [2.24, 2.45) is 5.92 Å². The quantitative estimate of drug-likeness (QED) is 0.774. The van der Waals surface area contributed by atoms with Gasteiger partial charge in [-0.15, -0.1) is 12.4 Å². The number of halogens is 1. The van der Waals surface area contributed by atoms with Crippen LogP contribution in [0.25, 0.3) is 0 Å². The van der Waals surface area contributed by atoms with Crippen molar-refractivity contribution < 1.29 is 14.3 Å². The fourth-order valence-corrected chi connectivity index (χ4v) is 2.52. The van der Waals surface area contributed by atoms with E-state index >= 15 is 0 Å². The molecule has 1 saturated heterocycles. The molecule has 25 heavy (non-hydrogen) atoms. The number of nitrogens with one attached hydrogen (secondary N) is 2. The van der Waals surface area contributed by atoms with Crippen LogP contribution in [-0.4, -0.2) is 44.9 Å². The van der Waals surface area contributed by atoms with Gasteiger partial charge >= 0.3 is 0 Å². The Kier molecular flexibility index (Phi) is 8.69. The first kappa shape index (κ1) is 21.7. The Hall–Kier alpha value is -1.30. The van der Waals surface area contributed by atoms with Gasteiger partial charge in [0.05, 0.1) is 13.2 Å². The number of benzene rings is 1. The van der Waals surface area contributed by atoms with E-state index in [9.17, 15) is 4.79 Å². The molecule has 1 unspecified atom stereocenters. The molecule has 142 valence electrons. The van der Waals surface area contributed by atoms with E-state index in [-0.39, 0.29) is 29.8 Å². The summed E-state index contributed by atoms with van der Waals surface area (Å²) in [6.07, 6.45) is -0.388. The zero-order valence-corrected chi connectivity index (χ0v) is 16.4. The van der Waals surface area contributed by atoms with Crippen LogP contribution < -0.4 is 15.4 Å². The fraction of sp³-hybridized carbons (Fsp3) is 0.632. The van der Waals surface area contributed by atoms with E-state index in [2.05, 4.69) is 50.5 Å². The molecule has 1 heterocycles. The molecule has 0 bridgehead atoms. The molecule has 1 atom stereocenters. The summed E-state index contributed by atoms with van der Waals surface area (Å²) in [5.41, 5.74) is 1.01. The maximum absolute atomic E-state index is 12.2. The Morgan fingerprint density at radius 3 is 2.60 bits per heavy atom. The van der Waals surface area contributed by atoms with Crippen LogP contribution in [0.1, 0.15) is 33.3 Å². The van der Waals surface area contributed by atoms with E-state index in [1.807, 2.05) is 12.1 Å². The summed E-state index contributed by atoms with van der Waals surface area (Å²) in [6, 6.07) is 8.13. The lowest BCUT2D eigenvalue weighted by atomic mass is 9.84. The van der Waals surface area contributed by atoms with E-state index in [0.717, 1.165) is 12.3 Å². The molecule has 1 aliphatic heterocycles. The summed E-state index contributed by atoms with van der Waals surface area (Å²) >= 11 is 0. The normalized spacial score (nSPS) is 17.7. The molecule has 0 spiro atoms. The van der Waals surface area contributed by atoms with Crippen molar-refractivity contribution in [2.45, 2.75) is 39.2 Å². The number of carbonyl (C=O) groups excluding carboxylic acids is 1. The van der Waals surface area contributed by atoms with Gasteiger partial charge in [-0.25, -0.2) is 0 Å². The Bertz CT molecular complexity index is 526. The predicted molar refractivity (Wildman–Crippen MR) is 103 cm³/mol. The Morgan fingerprint density at radius 1 is 1.36 bits per heavy atom. The third-order valence-electron chi connectivity index (χ3n) is 4.14. The minimum atomic E-state index is -0.388. The van der Waals surface area contributed by atoms with Crippen LogP contribution in [-0.2, 0) is 14.9 Å². The molecular weight excluding hydrogens is 340 g/mol. The summed E-state index contributed by atoms with van der Waals surface area (Å²) in [4.78, 5) is 12.2. The number of rotatable bonds is 7. The average Bonchev–Trinajstić information content (AvgIpc) is 2.59. The standard InChI is InChI=1S/C19H30N2O3.ClH/c1-14(2)12-24-16-7-5-15(6-8-16)19(3,4)13-21-18(22)17-11-20-9-10-23-17;/h5-8,14,17,20H,9-13H2,1-4H3,(H,21,22);1H. The number of hydrogen-bond acceptors (Lipinski definition) is 4. The van der Waals surface area contributed by atoms with Gasteiger partial charge in [0.25, 0.3) is 0 Å². The van der Waals surface area contributed by atoms with Gasteiger partial charge in [-0.1, -0.05) is 39.8 Å². The zero-order valence-electron chi connectivity index (χ0n) is 15.6. The Labute approximate surface area is 157 Å². The summed E-state index contributed by atoms with van der Waals surface area (Å²) < 4.78 is 11.2. The molecular formula is C19H31ClN2O3. The van der Waals surface area contributed by atoms with Gasteiger partial charge in [0.2, 0.25) is 5.91 Å². The third kappa shape index (κ3) is 6.84. The van der Waals surface area contributed by atoms with Gasteiger partial charge in [0.1, 0.15) is 11.9 Å². The molecule has 1 aromatic carbocycles. The first-order chi connectivity index (χ1) is 11.4. The van der Waals surface area contributed by atoms with Gasteiger partial charge in [0, 0.05) is 25.0 Å². The van der Waals surface area contributed by atoms with Crippen molar-refractivity contribution in [1.29, 1.82) is 0 Å². The van der Waals surface area contributed by atoms with E-state index < -0.39 is 0 Å². The fourth-order valence-electron chi connectivity index (χ4n) is 2.52. The van der Waals surface area contributed by atoms with Gasteiger partial charge in [-0.05, 0) is 23.6 Å². The Morgan fingerprint density at radius 2 is 2.04 bits per heavy atom. The predicted octanol–water partition coefficient (Wildman–Crippen LogP) is 2.53. The molecule has 5 nitrogen and oxygen atoms in total. The van der Waals surface area contributed by atoms with Crippen LogP contribution in [0.15, 0.2) is 24.3 Å². The van der Waals surface area contributed by atoms with Crippen LogP contribution in [0.4, 0.5) is 0 Å². The molecule has 0 saturated carbocycles. The lowest BCUT2D eigenvalue weighted by Crippen LogP contribution is -2.49. The molecule has 1 fully saturated rings.